The third kappa shape index (κ3) is 3.72. The fourth-order valence-corrected chi connectivity index (χ4v) is 2.57. The summed E-state index contributed by atoms with van der Waals surface area (Å²) < 4.78 is 7.43. The maximum Gasteiger partial charge on any atom is 0.161 e. The van der Waals surface area contributed by atoms with Crippen molar-refractivity contribution in [3.05, 3.63) is 11.9 Å². The first-order valence-corrected chi connectivity index (χ1v) is 7.43. The van der Waals surface area contributed by atoms with E-state index in [9.17, 15) is 0 Å². The molecular weight excluding hydrogens is 238 g/mol. The van der Waals surface area contributed by atoms with E-state index >= 15 is 0 Å². The smallest absolute Gasteiger partial charge is 0.161 e. The van der Waals surface area contributed by atoms with Crippen molar-refractivity contribution in [1.82, 2.24) is 9.78 Å². The lowest BCUT2D eigenvalue weighted by atomic mass is 9.89. The third-order valence-electron chi connectivity index (χ3n) is 3.78. The van der Waals surface area contributed by atoms with Gasteiger partial charge in [0.2, 0.25) is 0 Å². The van der Waals surface area contributed by atoms with Crippen LogP contribution in [-0.4, -0.2) is 16.9 Å². The molecule has 0 saturated carbocycles. The Labute approximate surface area is 117 Å². The largest absolute Gasteiger partial charge is 0.493 e. The zero-order valence-corrected chi connectivity index (χ0v) is 13.0. The number of rotatable bonds is 8. The van der Waals surface area contributed by atoms with Gasteiger partial charge >= 0.3 is 0 Å². The number of unbranched alkanes of at least 4 members (excludes halogenated alkanes) is 1. The van der Waals surface area contributed by atoms with Gasteiger partial charge in [0.1, 0.15) is 0 Å². The Kier molecular flexibility index (Phi) is 6.35. The minimum absolute atomic E-state index is 0.00333. The van der Waals surface area contributed by atoms with Crippen LogP contribution in [0, 0.1) is 5.92 Å². The monoisotopic (exact) mass is 267 g/mol. The fraction of sp³-hybridized carbons (Fsp3) is 0.800. The van der Waals surface area contributed by atoms with Gasteiger partial charge in [0, 0.05) is 6.04 Å². The topological polar surface area (TPSA) is 53.1 Å². The lowest BCUT2D eigenvalue weighted by Crippen LogP contribution is -2.25. The molecule has 0 radical (unpaired) electrons. The molecule has 1 aromatic rings. The number of aromatic nitrogens is 2. The van der Waals surface area contributed by atoms with Crippen LogP contribution in [0.3, 0.4) is 0 Å². The molecule has 4 nitrogen and oxygen atoms in total. The van der Waals surface area contributed by atoms with Crippen LogP contribution in [0.25, 0.3) is 0 Å². The Balaban J connectivity index is 3.01. The SMILES string of the molecule is CCCCC(CC)C(N)c1c(OC)cnn1C(C)C. The van der Waals surface area contributed by atoms with Crippen molar-refractivity contribution in [2.75, 3.05) is 7.11 Å². The van der Waals surface area contributed by atoms with E-state index in [1.54, 1.807) is 13.3 Å². The zero-order chi connectivity index (χ0) is 14.4. The van der Waals surface area contributed by atoms with Crippen LogP contribution < -0.4 is 10.5 Å². The molecule has 0 aliphatic heterocycles. The molecule has 0 aliphatic carbocycles. The number of nitrogens with two attached hydrogens (primary N) is 1. The van der Waals surface area contributed by atoms with Gasteiger partial charge in [0.25, 0.3) is 0 Å². The second-order valence-corrected chi connectivity index (χ2v) is 5.47. The normalized spacial score (nSPS) is 14.7. The van der Waals surface area contributed by atoms with Crippen LogP contribution in [0.5, 0.6) is 5.75 Å². The number of ether oxygens (including phenoxy) is 1. The second kappa shape index (κ2) is 7.53. The van der Waals surface area contributed by atoms with Crippen molar-refractivity contribution in [2.24, 2.45) is 11.7 Å². The minimum Gasteiger partial charge on any atom is -0.493 e. The van der Waals surface area contributed by atoms with Crippen molar-refractivity contribution in [2.45, 2.75) is 65.5 Å². The van der Waals surface area contributed by atoms with E-state index in [4.69, 9.17) is 10.5 Å². The van der Waals surface area contributed by atoms with E-state index in [-0.39, 0.29) is 6.04 Å². The zero-order valence-electron chi connectivity index (χ0n) is 13.0. The van der Waals surface area contributed by atoms with Gasteiger partial charge in [-0.3, -0.25) is 4.68 Å². The van der Waals surface area contributed by atoms with Gasteiger partial charge in [-0.05, 0) is 26.2 Å². The van der Waals surface area contributed by atoms with E-state index < -0.39 is 0 Å². The quantitative estimate of drug-likeness (QED) is 0.781. The Morgan fingerprint density at radius 1 is 1.37 bits per heavy atom. The first kappa shape index (κ1) is 16.0. The van der Waals surface area contributed by atoms with E-state index in [2.05, 4.69) is 32.8 Å². The van der Waals surface area contributed by atoms with Crippen molar-refractivity contribution in [3.63, 3.8) is 0 Å². The summed E-state index contributed by atoms with van der Waals surface area (Å²) in [5.74, 6) is 1.30. The second-order valence-electron chi connectivity index (χ2n) is 5.47. The highest BCUT2D eigenvalue weighted by atomic mass is 16.5. The first-order chi connectivity index (χ1) is 9.06. The van der Waals surface area contributed by atoms with E-state index in [1.165, 1.54) is 19.3 Å². The van der Waals surface area contributed by atoms with Crippen LogP contribution in [0.1, 0.15) is 71.2 Å². The molecule has 0 saturated heterocycles. The van der Waals surface area contributed by atoms with E-state index in [0.29, 0.717) is 12.0 Å². The number of nitrogens with zero attached hydrogens (tertiary/aromatic N) is 2. The average molecular weight is 267 g/mol. The Bertz CT molecular complexity index is 373. The molecule has 0 spiro atoms. The molecule has 0 fully saturated rings. The Hall–Kier alpha value is -1.03. The van der Waals surface area contributed by atoms with Gasteiger partial charge in [-0.15, -0.1) is 0 Å². The first-order valence-electron chi connectivity index (χ1n) is 7.43. The molecule has 1 aromatic heterocycles. The molecule has 0 amide bonds. The predicted octanol–water partition coefficient (Wildman–Crippen LogP) is 3.69. The van der Waals surface area contributed by atoms with E-state index in [0.717, 1.165) is 17.9 Å². The summed E-state index contributed by atoms with van der Waals surface area (Å²) in [7, 11) is 1.69. The number of hydrogen-bond acceptors (Lipinski definition) is 3. The summed E-state index contributed by atoms with van der Waals surface area (Å²) >= 11 is 0. The van der Waals surface area contributed by atoms with E-state index in [1.807, 2.05) is 4.68 Å². The molecule has 2 unspecified atom stereocenters. The molecule has 0 aromatic carbocycles. The molecule has 19 heavy (non-hydrogen) atoms. The molecule has 4 heteroatoms. The Morgan fingerprint density at radius 2 is 2.05 bits per heavy atom. The summed E-state index contributed by atoms with van der Waals surface area (Å²) in [4.78, 5) is 0. The van der Waals surface area contributed by atoms with Crippen LogP contribution in [0.4, 0.5) is 0 Å². The highest BCUT2D eigenvalue weighted by Gasteiger charge is 2.26. The molecule has 0 aliphatic rings. The van der Waals surface area contributed by atoms with Crippen LogP contribution >= 0.6 is 0 Å². The van der Waals surface area contributed by atoms with Crippen LogP contribution in [0.2, 0.25) is 0 Å². The highest BCUT2D eigenvalue weighted by Crippen LogP contribution is 2.33. The summed E-state index contributed by atoms with van der Waals surface area (Å²) in [6.45, 7) is 8.67. The van der Waals surface area contributed by atoms with Gasteiger partial charge in [-0.2, -0.15) is 5.10 Å². The van der Waals surface area contributed by atoms with Crippen molar-refractivity contribution in [1.29, 1.82) is 0 Å². The van der Waals surface area contributed by atoms with Crippen LogP contribution in [0.15, 0.2) is 6.20 Å². The molecule has 1 rings (SSSR count). The molecular formula is C15H29N3O. The van der Waals surface area contributed by atoms with Gasteiger partial charge in [0.15, 0.2) is 5.75 Å². The summed E-state index contributed by atoms with van der Waals surface area (Å²) in [5, 5.41) is 4.42. The maximum absolute atomic E-state index is 6.51. The standard InChI is InChI=1S/C15H29N3O/c1-6-8-9-12(7-2)14(16)15-13(19-5)10-17-18(15)11(3)4/h10-12,14H,6-9,16H2,1-5H3. The highest BCUT2D eigenvalue weighted by molar-refractivity contribution is 5.29. The van der Waals surface area contributed by atoms with Crippen molar-refractivity contribution in [3.8, 4) is 5.75 Å². The molecule has 1 heterocycles. The molecule has 2 atom stereocenters. The lowest BCUT2D eigenvalue weighted by molar-refractivity contribution is 0.334. The van der Waals surface area contributed by atoms with Gasteiger partial charge < -0.3 is 10.5 Å². The molecule has 2 N–H and O–H groups in total. The molecule has 110 valence electrons. The fourth-order valence-electron chi connectivity index (χ4n) is 2.57. The van der Waals surface area contributed by atoms with Crippen LogP contribution in [-0.2, 0) is 0 Å². The average Bonchev–Trinajstić information content (AvgIpc) is 2.83. The summed E-state index contributed by atoms with van der Waals surface area (Å²) in [5.41, 5.74) is 7.55. The summed E-state index contributed by atoms with van der Waals surface area (Å²) in [6.07, 6.45) is 6.48. The lowest BCUT2D eigenvalue weighted by Gasteiger charge is -2.25. The van der Waals surface area contributed by atoms with Gasteiger partial charge in [0.05, 0.1) is 25.0 Å². The van der Waals surface area contributed by atoms with Crippen molar-refractivity contribution >= 4 is 0 Å². The third-order valence-corrected chi connectivity index (χ3v) is 3.78. The van der Waals surface area contributed by atoms with Gasteiger partial charge in [-0.25, -0.2) is 0 Å². The van der Waals surface area contributed by atoms with Gasteiger partial charge in [-0.1, -0.05) is 33.1 Å². The number of methoxy groups -OCH3 is 1. The van der Waals surface area contributed by atoms with Crippen molar-refractivity contribution < 1.29 is 4.74 Å². The summed E-state index contributed by atoms with van der Waals surface area (Å²) in [6, 6.07) is 0.296. The number of hydrogen-bond donors (Lipinski definition) is 1. The minimum atomic E-state index is -0.00333. The maximum atomic E-state index is 6.51. The Morgan fingerprint density at radius 3 is 2.53 bits per heavy atom. The molecule has 0 bridgehead atoms. The predicted molar refractivity (Wildman–Crippen MR) is 79.4 cm³/mol.